The smallest absolute Gasteiger partial charge is 0.129 e. The fraction of sp³-hybridized carbons (Fsp3) is 0.500. The predicted molar refractivity (Wildman–Crippen MR) is 69.3 cm³/mol. The SMILES string of the molecule is Fc1cccc(Cl)c1CNCCCOCCCl. The highest BCUT2D eigenvalue weighted by atomic mass is 35.5. The molecular weight excluding hydrogens is 264 g/mol. The predicted octanol–water partition coefficient (Wildman–Crippen LogP) is 3.21. The van der Waals surface area contributed by atoms with Gasteiger partial charge in [0.15, 0.2) is 0 Å². The van der Waals surface area contributed by atoms with Crippen molar-refractivity contribution in [1.82, 2.24) is 5.32 Å². The van der Waals surface area contributed by atoms with Gasteiger partial charge in [-0.25, -0.2) is 4.39 Å². The van der Waals surface area contributed by atoms with Gasteiger partial charge in [-0.05, 0) is 25.1 Å². The number of halogens is 3. The van der Waals surface area contributed by atoms with Crippen molar-refractivity contribution in [3.05, 3.63) is 34.6 Å². The van der Waals surface area contributed by atoms with Crippen LogP contribution in [0, 0.1) is 5.82 Å². The Kier molecular flexibility index (Phi) is 7.53. The molecule has 0 aromatic heterocycles. The summed E-state index contributed by atoms with van der Waals surface area (Å²) < 4.78 is 18.6. The van der Waals surface area contributed by atoms with Crippen molar-refractivity contribution in [2.24, 2.45) is 0 Å². The largest absolute Gasteiger partial charge is 0.380 e. The molecule has 0 radical (unpaired) electrons. The van der Waals surface area contributed by atoms with Gasteiger partial charge in [-0.15, -0.1) is 11.6 Å². The number of ether oxygens (including phenoxy) is 1. The molecule has 96 valence electrons. The highest BCUT2D eigenvalue weighted by Crippen LogP contribution is 2.18. The lowest BCUT2D eigenvalue weighted by molar-refractivity contribution is 0.146. The lowest BCUT2D eigenvalue weighted by Gasteiger charge is -2.07. The van der Waals surface area contributed by atoms with E-state index in [1.54, 1.807) is 12.1 Å². The van der Waals surface area contributed by atoms with Crippen molar-refractivity contribution in [2.75, 3.05) is 25.6 Å². The number of nitrogens with one attached hydrogen (secondary N) is 1. The Morgan fingerprint density at radius 2 is 2.12 bits per heavy atom. The van der Waals surface area contributed by atoms with Crippen LogP contribution in [0.3, 0.4) is 0 Å². The fourth-order valence-corrected chi connectivity index (χ4v) is 1.71. The van der Waals surface area contributed by atoms with E-state index < -0.39 is 0 Å². The van der Waals surface area contributed by atoms with Crippen LogP contribution in [0.2, 0.25) is 5.02 Å². The first-order chi connectivity index (χ1) is 8.25. The van der Waals surface area contributed by atoms with Gasteiger partial charge in [0, 0.05) is 29.6 Å². The molecule has 1 aromatic carbocycles. The van der Waals surface area contributed by atoms with Crippen LogP contribution in [0.5, 0.6) is 0 Å². The van der Waals surface area contributed by atoms with Crippen LogP contribution in [-0.2, 0) is 11.3 Å². The van der Waals surface area contributed by atoms with Crippen LogP contribution in [0.4, 0.5) is 4.39 Å². The summed E-state index contributed by atoms with van der Waals surface area (Å²) in [6.07, 6.45) is 0.864. The highest BCUT2D eigenvalue weighted by molar-refractivity contribution is 6.31. The fourth-order valence-electron chi connectivity index (χ4n) is 1.37. The zero-order valence-electron chi connectivity index (χ0n) is 9.52. The Labute approximate surface area is 111 Å². The van der Waals surface area contributed by atoms with Gasteiger partial charge >= 0.3 is 0 Å². The molecule has 0 amide bonds. The van der Waals surface area contributed by atoms with Gasteiger partial charge in [0.25, 0.3) is 0 Å². The molecule has 0 spiro atoms. The summed E-state index contributed by atoms with van der Waals surface area (Å²) in [6.45, 7) is 2.42. The molecule has 0 aliphatic heterocycles. The van der Waals surface area contributed by atoms with Gasteiger partial charge in [-0.3, -0.25) is 0 Å². The molecule has 5 heteroatoms. The quantitative estimate of drug-likeness (QED) is 0.583. The Hall–Kier alpha value is -0.350. The average Bonchev–Trinajstić information content (AvgIpc) is 2.31. The topological polar surface area (TPSA) is 21.3 Å². The van der Waals surface area contributed by atoms with E-state index in [-0.39, 0.29) is 5.82 Å². The van der Waals surface area contributed by atoms with E-state index in [0.717, 1.165) is 13.0 Å². The van der Waals surface area contributed by atoms with Gasteiger partial charge in [0.2, 0.25) is 0 Å². The summed E-state index contributed by atoms with van der Waals surface area (Å²) in [6, 6.07) is 4.69. The number of hydrogen-bond acceptors (Lipinski definition) is 2. The van der Waals surface area contributed by atoms with E-state index in [2.05, 4.69) is 5.32 Å². The van der Waals surface area contributed by atoms with Crippen molar-refractivity contribution in [1.29, 1.82) is 0 Å². The van der Waals surface area contributed by atoms with E-state index >= 15 is 0 Å². The average molecular weight is 280 g/mol. The summed E-state index contributed by atoms with van der Waals surface area (Å²) >= 11 is 11.4. The van der Waals surface area contributed by atoms with Gasteiger partial charge in [-0.1, -0.05) is 17.7 Å². The molecule has 1 N–H and O–H groups in total. The van der Waals surface area contributed by atoms with Crippen molar-refractivity contribution < 1.29 is 9.13 Å². The Morgan fingerprint density at radius 1 is 1.29 bits per heavy atom. The lowest BCUT2D eigenvalue weighted by Crippen LogP contribution is -2.17. The summed E-state index contributed by atoms with van der Waals surface area (Å²) in [4.78, 5) is 0. The maximum atomic E-state index is 13.4. The minimum atomic E-state index is -0.275. The molecule has 0 fully saturated rings. The first-order valence-corrected chi connectivity index (χ1v) is 6.44. The maximum Gasteiger partial charge on any atom is 0.129 e. The maximum absolute atomic E-state index is 13.4. The Bertz CT molecular complexity index is 316. The van der Waals surface area contributed by atoms with Crippen LogP contribution in [0.1, 0.15) is 12.0 Å². The highest BCUT2D eigenvalue weighted by Gasteiger charge is 2.05. The summed E-state index contributed by atoms with van der Waals surface area (Å²) in [5.74, 6) is 0.238. The van der Waals surface area contributed by atoms with Crippen LogP contribution in [0.15, 0.2) is 18.2 Å². The second kappa shape index (κ2) is 8.70. The first-order valence-electron chi connectivity index (χ1n) is 5.53. The number of hydrogen-bond donors (Lipinski definition) is 1. The third-order valence-corrected chi connectivity index (χ3v) is 2.74. The van der Waals surface area contributed by atoms with Crippen molar-refractivity contribution in [3.8, 4) is 0 Å². The standard InChI is InChI=1S/C12H16Cl2FNO/c13-5-8-17-7-2-6-16-9-10-11(14)3-1-4-12(10)15/h1,3-4,16H,2,5-9H2. The van der Waals surface area contributed by atoms with Gasteiger partial charge < -0.3 is 10.1 Å². The number of alkyl halides is 1. The van der Waals surface area contributed by atoms with Crippen LogP contribution >= 0.6 is 23.2 Å². The van der Waals surface area contributed by atoms with E-state index in [1.165, 1.54) is 6.07 Å². The molecule has 0 bridgehead atoms. The number of benzene rings is 1. The Balaban J connectivity index is 2.18. The van der Waals surface area contributed by atoms with Crippen LogP contribution in [-0.4, -0.2) is 25.6 Å². The summed E-state index contributed by atoms with van der Waals surface area (Å²) in [7, 11) is 0. The lowest BCUT2D eigenvalue weighted by atomic mass is 10.2. The molecule has 0 aliphatic carbocycles. The molecule has 2 nitrogen and oxygen atoms in total. The van der Waals surface area contributed by atoms with Crippen LogP contribution < -0.4 is 5.32 Å². The molecular formula is C12H16Cl2FNO. The van der Waals surface area contributed by atoms with Crippen molar-refractivity contribution in [2.45, 2.75) is 13.0 Å². The normalized spacial score (nSPS) is 10.8. The van der Waals surface area contributed by atoms with Crippen molar-refractivity contribution in [3.63, 3.8) is 0 Å². The molecule has 0 atom stereocenters. The van der Waals surface area contributed by atoms with Crippen LogP contribution in [0.25, 0.3) is 0 Å². The Morgan fingerprint density at radius 3 is 2.82 bits per heavy atom. The zero-order chi connectivity index (χ0) is 12.5. The van der Waals surface area contributed by atoms with Gasteiger partial charge in [0.05, 0.1) is 6.61 Å². The first kappa shape index (κ1) is 14.7. The van der Waals surface area contributed by atoms with Gasteiger partial charge in [0.1, 0.15) is 5.82 Å². The van der Waals surface area contributed by atoms with Gasteiger partial charge in [-0.2, -0.15) is 0 Å². The number of rotatable bonds is 8. The van der Waals surface area contributed by atoms with E-state index in [9.17, 15) is 4.39 Å². The molecule has 0 aliphatic rings. The molecule has 0 saturated carbocycles. The minimum absolute atomic E-state index is 0.275. The summed E-state index contributed by atoms with van der Waals surface area (Å²) in [5.41, 5.74) is 0.510. The molecule has 0 heterocycles. The molecule has 0 saturated heterocycles. The monoisotopic (exact) mass is 279 g/mol. The third kappa shape index (κ3) is 5.68. The minimum Gasteiger partial charge on any atom is -0.380 e. The second-order valence-corrected chi connectivity index (χ2v) is 4.32. The van der Waals surface area contributed by atoms with E-state index in [1.807, 2.05) is 0 Å². The second-order valence-electron chi connectivity index (χ2n) is 3.53. The zero-order valence-corrected chi connectivity index (χ0v) is 11.0. The molecule has 0 unspecified atom stereocenters. The third-order valence-electron chi connectivity index (χ3n) is 2.23. The summed E-state index contributed by atoms with van der Waals surface area (Å²) in [5, 5.41) is 3.58. The van der Waals surface area contributed by atoms with E-state index in [4.69, 9.17) is 27.9 Å². The van der Waals surface area contributed by atoms with Crippen molar-refractivity contribution >= 4 is 23.2 Å². The molecule has 17 heavy (non-hydrogen) atoms. The molecule has 1 aromatic rings. The van der Waals surface area contributed by atoms with E-state index in [0.29, 0.717) is 36.2 Å². The molecule has 1 rings (SSSR count).